The van der Waals surface area contributed by atoms with Gasteiger partial charge in [-0.2, -0.15) is 5.10 Å². The second-order valence-electron chi connectivity index (χ2n) is 4.86. The highest BCUT2D eigenvalue weighted by molar-refractivity contribution is 5.67. The van der Waals surface area contributed by atoms with E-state index in [2.05, 4.69) is 10.4 Å². The van der Waals surface area contributed by atoms with E-state index in [9.17, 15) is 4.79 Å². The maximum atomic E-state index is 10.6. The average molecular weight is 273 g/mol. The molecule has 5 heteroatoms. The van der Waals surface area contributed by atoms with Gasteiger partial charge in [0.25, 0.3) is 0 Å². The fourth-order valence-corrected chi connectivity index (χ4v) is 2.11. The van der Waals surface area contributed by atoms with Gasteiger partial charge >= 0.3 is 5.97 Å². The molecule has 0 amide bonds. The molecule has 0 saturated heterocycles. The van der Waals surface area contributed by atoms with Gasteiger partial charge in [0.2, 0.25) is 0 Å². The number of nitrogens with one attached hydrogen (secondary N) is 1. The van der Waals surface area contributed by atoms with Gasteiger partial charge in [-0.05, 0) is 31.0 Å². The Morgan fingerprint density at radius 2 is 2.25 bits per heavy atom. The second kappa shape index (κ2) is 6.23. The van der Waals surface area contributed by atoms with E-state index in [4.69, 9.17) is 5.11 Å². The lowest BCUT2D eigenvalue weighted by molar-refractivity contribution is -0.136. The zero-order valence-electron chi connectivity index (χ0n) is 11.8. The first kappa shape index (κ1) is 14.1. The topological polar surface area (TPSA) is 67.2 Å². The minimum Gasteiger partial charge on any atom is -0.481 e. The summed E-state index contributed by atoms with van der Waals surface area (Å²) in [5.41, 5.74) is 4.20. The second-order valence-corrected chi connectivity index (χ2v) is 4.86. The molecule has 0 radical (unpaired) electrons. The highest BCUT2D eigenvalue weighted by Gasteiger charge is 2.04. The molecule has 2 N–H and O–H groups in total. The highest BCUT2D eigenvalue weighted by atomic mass is 16.4. The average Bonchev–Trinajstić information content (AvgIpc) is 2.73. The summed E-state index contributed by atoms with van der Waals surface area (Å²) in [5.74, 6) is -0.769. The third-order valence-electron chi connectivity index (χ3n) is 3.15. The van der Waals surface area contributed by atoms with Crippen molar-refractivity contribution < 1.29 is 9.90 Å². The minimum absolute atomic E-state index is 0.158. The van der Waals surface area contributed by atoms with Crippen LogP contribution >= 0.6 is 0 Å². The van der Waals surface area contributed by atoms with Crippen molar-refractivity contribution >= 4 is 11.7 Å². The number of anilines is 1. The third kappa shape index (κ3) is 3.85. The van der Waals surface area contributed by atoms with Crippen molar-refractivity contribution in [2.75, 3.05) is 5.32 Å². The molecular weight excluding hydrogens is 254 g/mol. The molecular formula is C15H19N3O2. The lowest BCUT2D eigenvalue weighted by Crippen LogP contribution is -2.01. The van der Waals surface area contributed by atoms with Crippen LogP contribution in [0.4, 0.5) is 5.69 Å². The van der Waals surface area contributed by atoms with Crippen molar-refractivity contribution in [1.29, 1.82) is 0 Å². The number of rotatable bonds is 6. The number of benzene rings is 1. The monoisotopic (exact) mass is 273 g/mol. The predicted molar refractivity (Wildman–Crippen MR) is 77.7 cm³/mol. The van der Waals surface area contributed by atoms with Crippen molar-refractivity contribution in [1.82, 2.24) is 9.78 Å². The molecule has 0 fully saturated rings. The van der Waals surface area contributed by atoms with Crippen LogP contribution < -0.4 is 5.32 Å². The largest absolute Gasteiger partial charge is 0.481 e. The molecule has 20 heavy (non-hydrogen) atoms. The molecule has 0 saturated carbocycles. The van der Waals surface area contributed by atoms with Gasteiger partial charge in [-0.25, -0.2) is 0 Å². The SMILES string of the molecule is Cc1nn(C)cc1CNc1cccc(CCC(=O)O)c1. The summed E-state index contributed by atoms with van der Waals surface area (Å²) < 4.78 is 1.80. The van der Waals surface area contributed by atoms with E-state index in [1.54, 1.807) is 4.68 Å². The zero-order chi connectivity index (χ0) is 14.5. The Kier molecular flexibility index (Phi) is 4.40. The normalized spacial score (nSPS) is 10.5. The number of carboxylic acids is 1. The maximum absolute atomic E-state index is 10.6. The number of nitrogens with zero attached hydrogens (tertiary/aromatic N) is 2. The van der Waals surface area contributed by atoms with Crippen LogP contribution in [0.1, 0.15) is 23.2 Å². The van der Waals surface area contributed by atoms with Crippen LogP contribution in [0.25, 0.3) is 0 Å². The van der Waals surface area contributed by atoms with Crippen molar-refractivity contribution in [3.05, 3.63) is 47.3 Å². The van der Waals surface area contributed by atoms with Gasteiger partial charge in [0.05, 0.1) is 5.69 Å². The number of aliphatic carboxylic acids is 1. The number of hydrogen-bond donors (Lipinski definition) is 2. The number of aromatic nitrogens is 2. The number of aryl methyl sites for hydroxylation is 3. The molecule has 5 nitrogen and oxygen atoms in total. The summed E-state index contributed by atoms with van der Waals surface area (Å²) in [6.45, 7) is 2.70. The molecule has 1 aromatic carbocycles. The Balaban J connectivity index is 1.97. The Morgan fingerprint density at radius 1 is 1.45 bits per heavy atom. The molecule has 0 bridgehead atoms. The number of carboxylic acid groups (broad SMARTS) is 1. The number of carbonyl (C=O) groups is 1. The van der Waals surface area contributed by atoms with E-state index in [-0.39, 0.29) is 6.42 Å². The first-order valence-corrected chi connectivity index (χ1v) is 6.58. The Hall–Kier alpha value is -2.30. The molecule has 0 aliphatic carbocycles. The Morgan fingerprint density at radius 3 is 2.90 bits per heavy atom. The highest BCUT2D eigenvalue weighted by Crippen LogP contribution is 2.14. The lowest BCUT2D eigenvalue weighted by Gasteiger charge is -2.07. The smallest absolute Gasteiger partial charge is 0.303 e. The van der Waals surface area contributed by atoms with E-state index in [1.807, 2.05) is 44.4 Å². The quantitative estimate of drug-likeness (QED) is 0.848. The molecule has 106 valence electrons. The molecule has 1 aromatic heterocycles. The fourth-order valence-electron chi connectivity index (χ4n) is 2.11. The zero-order valence-corrected chi connectivity index (χ0v) is 11.8. The lowest BCUT2D eigenvalue weighted by atomic mass is 10.1. The van der Waals surface area contributed by atoms with Gasteiger partial charge in [-0.15, -0.1) is 0 Å². The molecule has 0 spiro atoms. The Bertz CT molecular complexity index is 605. The van der Waals surface area contributed by atoms with Gasteiger partial charge in [0.1, 0.15) is 0 Å². The first-order chi connectivity index (χ1) is 9.54. The van der Waals surface area contributed by atoms with Crippen molar-refractivity contribution in [2.45, 2.75) is 26.3 Å². The van der Waals surface area contributed by atoms with Crippen molar-refractivity contribution in [2.24, 2.45) is 7.05 Å². The summed E-state index contributed by atoms with van der Waals surface area (Å²) in [5, 5.41) is 16.3. The molecule has 0 unspecified atom stereocenters. The van der Waals surface area contributed by atoms with Crippen LogP contribution in [-0.4, -0.2) is 20.9 Å². The summed E-state index contributed by atoms with van der Waals surface area (Å²) >= 11 is 0. The standard InChI is InChI=1S/C15H19N3O2/c1-11-13(10-18(2)17-11)9-16-14-5-3-4-12(8-14)6-7-15(19)20/h3-5,8,10,16H,6-7,9H2,1-2H3,(H,19,20). The molecule has 2 aromatic rings. The summed E-state index contributed by atoms with van der Waals surface area (Å²) in [6.07, 6.45) is 2.71. The first-order valence-electron chi connectivity index (χ1n) is 6.58. The third-order valence-corrected chi connectivity index (χ3v) is 3.15. The van der Waals surface area contributed by atoms with Crippen LogP contribution in [0.2, 0.25) is 0 Å². The predicted octanol–water partition coefficient (Wildman–Crippen LogP) is 2.36. The van der Waals surface area contributed by atoms with Crippen LogP contribution in [0.15, 0.2) is 30.5 Å². The van der Waals surface area contributed by atoms with Gasteiger partial charge in [0.15, 0.2) is 0 Å². The van der Waals surface area contributed by atoms with Crippen LogP contribution in [0.5, 0.6) is 0 Å². The van der Waals surface area contributed by atoms with Crippen molar-refractivity contribution in [3.8, 4) is 0 Å². The van der Waals surface area contributed by atoms with Crippen LogP contribution in [0, 0.1) is 6.92 Å². The van der Waals surface area contributed by atoms with Crippen LogP contribution in [-0.2, 0) is 24.8 Å². The van der Waals surface area contributed by atoms with Gasteiger partial charge in [-0.1, -0.05) is 12.1 Å². The summed E-state index contributed by atoms with van der Waals surface area (Å²) in [4.78, 5) is 10.6. The Labute approximate surface area is 118 Å². The van der Waals surface area contributed by atoms with E-state index in [0.717, 1.165) is 22.5 Å². The van der Waals surface area contributed by atoms with E-state index < -0.39 is 5.97 Å². The van der Waals surface area contributed by atoms with E-state index in [1.165, 1.54) is 0 Å². The van der Waals surface area contributed by atoms with E-state index >= 15 is 0 Å². The molecule has 2 rings (SSSR count). The summed E-state index contributed by atoms with van der Waals surface area (Å²) in [6, 6.07) is 7.86. The van der Waals surface area contributed by atoms with Gasteiger partial charge in [-0.3, -0.25) is 9.48 Å². The fraction of sp³-hybridized carbons (Fsp3) is 0.333. The molecule has 0 atom stereocenters. The number of hydrogen-bond acceptors (Lipinski definition) is 3. The van der Waals surface area contributed by atoms with Gasteiger partial charge < -0.3 is 10.4 Å². The van der Waals surface area contributed by atoms with Crippen molar-refractivity contribution in [3.63, 3.8) is 0 Å². The minimum atomic E-state index is -0.769. The van der Waals surface area contributed by atoms with E-state index in [0.29, 0.717) is 13.0 Å². The molecule has 0 aliphatic heterocycles. The maximum Gasteiger partial charge on any atom is 0.303 e. The van der Waals surface area contributed by atoms with Gasteiger partial charge in [0, 0.05) is 37.5 Å². The molecule has 0 aliphatic rings. The molecule has 1 heterocycles. The summed E-state index contributed by atoms with van der Waals surface area (Å²) in [7, 11) is 1.91. The van der Waals surface area contributed by atoms with Crippen LogP contribution in [0.3, 0.4) is 0 Å².